The Bertz CT molecular complexity index is 3090. The molecule has 0 atom stereocenters. The molecule has 11 rings (SSSR count). The molecular formula is C42H23N3OS. The van der Waals surface area contributed by atoms with Crippen LogP contribution < -0.4 is 0 Å². The summed E-state index contributed by atoms with van der Waals surface area (Å²) in [5.41, 5.74) is 6.89. The topological polar surface area (TPSA) is 43.9 Å². The molecule has 4 heterocycles. The van der Waals surface area contributed by atoms with Gasteiger partial charge in [-0.15, -0.1) is 11.3 Å². The summed E-state index contributed by atoms with van der Waals surface area (Å²) in [6.07, 6.45) is 0. The minimum Gasteiger partial charge on any atom is -0.456 e. The van der Waals surface area contributed by atoms with E-state index in [2.05, 4.69) is 144 Å². The van der Waals surface area contributed by atoms with Crippen molar-refractivity contribution < 1.29 is 4.42 Å². The number of hydrogen-bond donors (Lipinski definition) is 0. The normalized spacial score (nSPS) is 12.3. The van der Waals surface area contributed by atoms with Gasteiger partial charge in [0.2, 0.25) is 5.95 Å². The quantitative estimate of drug-likeness (QED) is 0.194. The van der Waals surface area contributed by atoms with Crippen molar-refractivity contribution in [2.24, 2.45) is 0 Å². The molecule has 0 aliphatic carbocycles. The van der Waals surface area contributed by atoms with Crippen LogP contribution in [0.5, 0.6) is 0 Å². The lowest BCUT2D eigenvalue weighted by Gasteiger charge is -2.10. The van der Waals surface area contributed by atoms with Crippen LogP contribution in [0.1, 0.15) is 0 Å². The molecular weight excluding hydrogens is 595 g/mol. The van der Waals surface area contributed by atoms with E-state index < -0.39 is 0 Å². The Kier molecular flexibility index (Phi) is 4.96. The van der Waals surface area contributed by atoms with Crippen molar-refractivity contribution >= 4 is 96.9 Å². The summed E-state index contributed by atoms with van der Waals surface area (Å²) in [5.74, 6) is 0.667. The Morgan fingerprint density at radius 3 is 2.04 bits per heavy atom. The molecule has 0 aliphatic heterocycles. The Labute approximate surface area is 271 Å². The molecule has 0 unspecified atom stereocenters. The van der Waals surface area contributed by atoms with Crippen molar-refractivity contribution in [1.82, 2.24) is 14.5 Å². The van der Waals surface area contributed by atoms with Gasteiger partial charge in [0, 0.05) is 37.2 Å². The number of nitrogens with zero attached hydrogens (tertiary/aromatic N) is 3. The van der Waals surface area contributed by atoms with Crippen molar-refractivity contribution in [2.75, 3.05) is 0 Å². The van der Waals surface area contributed by atoms with E-state index in [1.54, 1.807) is 11.3 Å². The number of rotatable bonds is 2. The highest BCUT2D eigenvalue weighted by atomic mass is 32.1. The molecule has 0 radical (unpaired) electrons. The summed E-state index contributed by atoms with van der Waals surface area (Å²) < 4.78 is 10.9. The second-order valence-corrected chi connectivity index (χ2v) is 13.2. The molecule has 0 amide bonds. The van der Waals surface area contributed by atoms with E-state index in [9.17, 15) is 0 Å². The Hall–Kier alpha value is -6.04. The minimum atomic E-state index is 0.667. The van der Waals surface area contributed by atoms with Gasteiger partial charge in [0.25, 0.3) is 0 Å². The average molecular weight is 618 g/mol. The summed E-state index contributed by atoms with van der Waals surface area (Å²) in [6, 6.07) is 49.4. The highest BCUT2D eigenvalue weighted by molar-refractivity contribution is 7.26. The van der Waals surface area contributed by atoms with E-state index in [0.29, 0.717) is 5.95 Å². The lowest BCUT2D eigenvalue weighted by Crippen LogP contribution is -2.02. The molecule has 7 aromatic carbocycles. The fraction of sp³-hybridized carbons (Fsp3) is 0. The van der Waals surface area contributed by atoms with Gasteiger partial charge in [-0.2, -0.15) is 0 Å². The van der Waals surface area contributed by atoms with Crippen LogP contribution in [0.3, 0.4) is 0 Å². The number of benzene rings is 7. The summed E-state index contributed by atoms with van der Waals surface area (Å²) in [6.45, 7) is 0. The third kappa shape index (κ3) is 3.46. The summed E-state index contributed by atoms with van der Waals surface area (Å²) >= 11 is 1.75. The molecule has 0 spiro atoms. The van der Waals surface area contributed by atoms with E-state index in [1.807, 2.05) is 0 Å². The summed E-state index contributed by atoms with van der Waals surface area (Å²) in [5, 5.41) is 10.6. The van der Waals surface area contributed by atoms with Gasteiger partial charge in [-0.3, -0.25) is 4.57 Å². The second kappa shape index (κ2) is 9.25. The van der Waals surface area contributed by atoms with E-state index >= 15 is 0 Å². The maximum absolute atomic E-state index is 6.37. The van der Waals surface area contributed by atoms with Crippen LogP contribution in [0.25, 0.3) is 103 Å². The van der Waals surface area contributed by atoms with E-state index in [1.165, 1.54) is 37.0 Å². The summed E-state index contributed by atoms with van der Waals surface area (Å²) in [7, 11) is 0. The monoisotopic (exact) mass is 617 g/mol. The molecule has 0 aliphatic rings. The molecule has 4 aromatic heterocycles. The molecule has 218 valence electrons. The lowest BCUT2D eigenvalue weighted by atomic mass is 10.0. The highest BCUT2D eigenvalue weighted by Gasteiger charge is 2.21. The third-order valence-corrected chi connectivity index (χ3v) is 10.8. The van der Waals surface area contributed by atoms with Crippen LogP contribution in [0.4, 0.5) is 0 Å². The van der Waals surface area contributed by atoms with Gasteiger partial charge in [-0.05, 0) is 64.0 Å². The third-order valence-electron chi connectivity index (χ3n) is 9.60. The molecule has 0 saturated carbocycles. The van der Waals surface area contributed by atoms with Gasteiger partial charge < -0.3 is 4.42 Å². The van der Waals surface area contributed by atoms with Gasteiger partial charge >= 0.3 is 0 Å². The van der Waals surface area contributed by atoms with Crippen molar-refractivity contribution in [3.8, 4) is 17.2 Å². The average Bonchev–Trinajstić information content (AvgIpc) is 3.80. The van der Waals surface area contributed by atoms with E-state index in [0.717, 1.165) is 59.8 Å². The molecule has 4 nitrogen and oxygen atoms in total. The molecule has 47 heavy (non-hydrogen) atoms. The Morgan fingerprint density at radius 1 is 0.511 bits per heavy atom. The minimum absolute atomic E-state index is 0.667. The smallest absolute Gasteiger partial charge is 0.235 e. The number of thiophene rings is 1. The Balaban J connectivity index is 1.27. The van der Waals surface area contributed by atoms with Crippen LogP contribution in [-0.4, -0.2) is 14.5 Å². The van der Waals surface area contributed by atoms with Gasteiger partial charge in [-0.25, -0.2) is 9.97 Å². The highest BCUT2D eigenvalue weighted by Crippen LogP contribution is 2.43. The molecule has 0 fully saturated rings. The zero-order valence-electron chi connectivity index (χ0n) is 24.9. The van der Waals surface area contributed by atoms with Crippen molar-refractivity contribution in [1.29, 1.82) is 0 Å². The predicted molar refractivity (Wildman–Crippen MR) is 197 cm³/mol. The number of fused-ring (bicyclic) bond motifs is 13. The van der Waals surface area contributed by atoms with Crippen molar-refractivity contribution in [2.45, 2.75) is 0 Å². The fourth-order valence-electron chi connectivity index (χ4n) is 7.52. The zero-order valence-corrected chi connectivity index (χ0v) is 25.8. The molecule has 11 aromatic rings. The number of para-hydroxylation sites is 1. The van der Waals surface area contributed by atoms with Crippen LogP contribution in [0.15, 0.2) is 144 Å². The first-order valence-corrected chi connectivity index (χ1v) is 16.6. The van der Waals surface area contributed by atoms with Crippen LogP contribution >= 0.6 is 11.3 Å². The summed E-state index contributed by atoms with van der Waals surface area (Å²) in [4.78, 5) is 10.8. The predicted octanol–water partition coefficient (Wildman–Crippen LogP) is 11.8. The standard InChI is InChI=1S/C42H23N3OS/c1-3-11-27-24(9-1)17-20-33-37(27)29-13-5-7-15-32(29)45(33)42-43-39(41-40(44-42)30-14-6-8-16-36(30)47-41)26-19-21-34-31(23-26)38-28-12-4-2-10-25(28)18-22-35(38)46-34/h1-23H. The first kappa shape index (κ1) is 25.2. The van der Waals surface area contributed by atoms with Crippen molar-refractivity contribution in [3.05, 3.63) is 140 Å². The van der Waals surface area contributed by atoms with Gasteiger partial charge in [0.15, 0.2) is 0 Å². The number of hydrogen-bond acceptors (Lipinski definition) is 4. The Morgan fingerprint density at radius 2 is 1.19 bits per heavy atom. The first-order chi connectivity index (χ1) is 23.3. The van der Waals surface area contributed by atoms with Gasteiger partial charge in [-0.1, -0.05) is 97.1 Å². The maximum atomic E-state index is 6.37. The van der Waals surface area contributed by atoms with Gasteiger partial charge in [0.1, 0.15) is 11.2 Å². The van der Waals surface area contributed by atoms with E-state index in [4.69, 9.17) is 14.4 Å². The maximum Gasteiger partial charge on any atom is 0.235 e. The molecule has 0 bridgehead atoms. The SMILES string of the molecule is c1ccc2c(c1)ccc1oc3ccc(-c4nc(-n5c6ccccc6c6c7ccccc7ccc65)nc5c4sc4ccccc45)cc3c12. The number of furan rings is 1. The lowest BCUT2D eigenvalue weighted by molar-refractivity contribution is 0.669. The van der Waals surface area contributed by atoms with E-state index in [-0.39, 0.29) is 0 Å². The van der Waals surface area contributed by atoms with Crippen LogP contribution in [-0.2, 0) is 0 Å². The number of aromatic nitrogens is 3. The first-order valence-electron chi connectivity index (χ1n) is 15.8. The fourth-order valence-corrected chi connectivity index (χ4v) is 8.68. The largest absolute Gasteiger partial charge is 0.456 e. The second-order valence-electron chi connectivity index (χ2n) is 12.2. The van der Waals surface area contributed by atoms with Crippen LogP contribution in [0.2, 0.25) is 0 Å². The molecule has 0 N–H and O–H groups in total. The van der Waals surface area contributed by atoms with Gasteiger partial charge in [0.05, 0.1) is 26.9 Å². The van der Waals surface area contributed by atoms with Crippen LogP contribution in [0, 0.1) is 0 Å². The van der Waals surface area contributed by atoms with Crippen molar-refractivity contribution in [3.63, 3.8) is 0 Å². The molecule has 5 heteroatoms. The molecule has 0 saturated heterocycles. The zero-order chi connectivity index (χ0) is 30.6.